The van der Waals surface area contributed by atoms with Gasteiger partial charge in [0.25, 0.3) is 0 Å². The first-order chi connectivity index (χ1) is 14.3. The SMILES string of the molecule is Cc1ccc(Cl)cc1NC(=O)C(C)Sc1nnc(-c2ccccc2F)n1CC(C)C. The molecule has 1 amide bonds. The molecule has 1 heterocycles. The number of carbonyl (C=O) groups is 1. The molecule has 3 aromatic rings. The van der Waals surface area contributed by atoms with Crippen LogP contribution in [-0.2, 0) is 11.3 Å². The van der Waals surface area contributed by atoms with Crippen LogP contribution in [0.2, 0.25) is 5.02 Å². The monoisotopic (exact) mass is 446 g/mol. The number of aromatic nitrogens is 3. The predicted molar refractivity (Wildman–Crippen MR) is 120 cm³/mol. The number of hydrogen-bond acceptors (Lipinski definition) is 4. The number of nitrogens with one attached hydrogen (secondary N) is 1. The third-order valence-corrected chi connectivity index (χ3v) is 5.80. The van der Waals surface area contributed by atoms with Gasteiger partial charge in [0.2, 0.25) is 5.91 Å². The van der Waals surface area contributed by atoms with Crippen LogP contribution < -0.4 is 5.32 Å². The zero-order valence-electron chi connectivity index (χ0n) is 17.3. The van der Waals surface area contributed by atoms with Gasteiger partial charge >= 0.3 is 0 Å². The van der Waals surface area contributed by atoms with Gasteiger partial charge in [-0.15, -0.1) is 10.2 Å². The Bertz CT molecular complexity index is 1050. The summed E-state index contributed by atoms with van der Waals surface area (Å²) in [6, 6.07) is 11.9. The standard InChI is InChI=1S/C22H24ClFN4OS/c1-13(2)12-28-20(17-7-5-6-8-18(17)24)26-27-22(28)30-15(4)21(29)25-19-11-16(23)10-9-14(19)3/h5-11,13,15H,12H2,1-4H3,(H,25,29). The number of carbonyl (C=O) groups excluding carboxylic acids is 1. The first-order valence-corrected chi connectivity index (χ1v) is 10.9. The van der Waals surface area contributed by atoms with Crippen molar-refractivity contribution in [1.29, 1.82) is 0 Å². The quantitative estimate of drug-likeness (QED) is 0.464. The number of halogens is 2. The molecule has 1 atom stereocenters. The molecule has 0 bridgehead atoms. The van der Waals surface area contributed by atoms with Crippen LogP contribution in [0.15, 0.2) is 47.6 Å². The Labute approximate surface area is 185 Å². The van der Waals surface area contributed by atoms with Crippen molar-refractivity contribution in [3.8, 4) is 11.4 Å². The van der Waals surface area contributed by atoms with E-state index in [1.807, 2.05) is 17.6 Å². The number of thioether (sulfide) groups is 1. The van der Waals surface area contributed by atoms with E-state index in [2.05, 4.69) is 29.4 Å². The molecular formula is C22H24ClFN4OS. The van der Waals surface area contributed by atoms with Gasteiger partial charge in [-0.25, -0.2) is 4.39 Å². The summed E-state index contributed by atoms with van der Waals surface area (Å²) in [7, 11) is 0. The lowest BCUT2D eigenvalue weighted by Crippen LogP contribution is -2.23. The van der Waals surface area contributed by atoms with Gasteiger partial charge in [-0.2, -0.15) is 0 Å². The Balaban J connectivity index is 1.84. The molecule has 0 radical (unpaired) electrons. The van der Waals surface area contributed by atoms with Crippen LogP contribution in [0.4, 0.5) is 10.1 Å². The minimum Gasteiger partial charge on any atom is -0.325 e. The molecule has 0 aliphatic carbocycles. The summed E-state index contributed by atoms with van der Waals surface area (Å²) in [5.74, 6) is 0.234. The third-order valence-electron chi connectivity index (χ3n) is 4.49. The molecule has 0 fully saturated rings. The number of hydrogen-bond donors (Lipinski definition) is 1. The first kappa shape index (κ1) is 22.3. The molecule has 2 aromatic carbocycles. The van der Waals surface area contributed by atoms with Crippen LogP contribution in [0, 0.1) is 18.7 Å². The zero-order valence-corrected chi connectivity index (χ0v) is 18.9. The summed E-state index contributed by atoms with van der Waals surface area (Å²) >= 11 is 7.34. The minimum absolute atomic E-state index is 0.170. The second-order valence-corrected chi connectivity index (χ2v) is 9.24. The fraction of sp³-hybridized carbons (Fsp3) is 0.318. The van der Waals surface area contributed by atoms with Crippen LogP contribution in [0.1, 0.15) is 26.3 Å². The molecule has 1 unspecified atom stereocenters. The molecule has 1 aromatic heterocycles. The van der Waals surface area contributed by atoms with Crippen molar-refractivity contribution in [2.45, 2.75) is 44.6 Å². The molecule has 0 aliphatic heterocycles. The van der Waals surface area contributed by atoms with Crippen molar-refractivity contribution in [1.82, 2.24) is 14.8 Å². The lowest BCUT2D eigenvalue weighted by atomic mass is 10.2. The largest absolute Gasteiger partial charge is 0.325 e. The van der Waals surface area contributed by atoms with Gasteiger partial charge in [0.1, 0.15) is 5.82 Å². The smallest absolute Gasteiger partial charge is 0.237 e. The average Bonchev–Trinajstić information content (AvgIpc) is 3.06. The van der Waals surface area contributed by atoms with Crippen molar-refractivity contribution in [2.24, 2.45) is 5.92 Å². The second-order valence-electron chi connectivity index (χ2n) is 7.50. The van der Waals surface area contributed by atoms with Crippen molar-refractivity contribution in [3.63, 3.8) is 0 Å². The highest BCUT2D eigenvalue weighted by Crippen LogP contribution is 2.30. The van der Waals surface area contributed by atoms with E-state index in [1.54, 1.807) is 37.3 Å². The van der Waals surface area contributed by atoms with Crippen LogP contribution in [0.25, 0.3) is 11.4 Å². The van der Waals surface area contributed by atoms with Crippen molar-refractivity contribution < 1.29 is 9.18 Å². The summed E-state index contributed by atoms with van der Waals surface area (Å²) < 4.78 is 16.2. The van der Waals surface area contributed by atoms with Crippen molar-refractivity contribution in [2.75, 3.05) is 5.32 Å². The lowest BCUT2D eigenvalue weighted by molar-refractivity contribution is -0.115. The molecule has 30 heavy (non-hydrogen) atoms. The van der Waals surface area contributed by atoms with E-state index < -0.39 is 5.25 Å². The first-order valence-electron chi connectivity index (χ1n) is 9.68. The van der Waals surface area contributed by atoms with Gasteiger partial charge < -0.3 is 9.88 Å². The van der Waals surface area contributed by atoms with E-state index in [-0.39, 0.29) is 11.7 Å². The highest BCUT2D eigenvalue weighted by atomic mass is 35.5. The molecule has 0 saturated carbocycles. The molecule has 8 heteroatoms. The molecule has 5 nitrogen and oxygen atoms in total. The highest BCUT2D eigenvalue weighted by Gasteiger charge is 2.23. The van der Waals surface area contributed by atoms with E-state index >= 15 is 0 Å². The van der Waals surface area contributed by atoms with Gasteiger partial charge in [0, 0.05) is 17.3 Å². The predicted octanol–water partition coefficient (Wildman–Crippen LogP) is 5.82. The average molecular weight is 447 g/mol. The zero-order chi connectivity index (χ0) is 21.8. The van der Waals surface area contributed by atoms with Gasteiger partial charge in [-0.1, -0.05) is 55.4 Å². The summed E-state index contributed by atoms with van der Waals surface area (Å²) in [5.41, 5.74) is 1.99. The number of nitrogens with zero attached hydrogens (tertiary/aromatic N) is 3. The highest BCUT2D eigenvalue weighted by molar-refractivity contribution is 8.00. The van der Waals surface area contributed by atoms with Crippen molar-refractivity contribution >= 4 is 35.0 Å². The maximum absolute atomic E-state index is 14.3. The number of benzene rings is 2. The minimum atomic E-state index is -0.438. The van der Waals surface area contributed by atoms with E-state index in [1.165, 1.54) is 17.8 Å². The topological polar surface area (TPSA) is 59.8 Å². The third kappa shape index (κ3) is 5.21. The maximum Gasteiger partial charge on any atom is 0.237 e. The fourth-order valence-electron chi connectivity index (χ4n) is 2.92. The van der Waals surface area contributed by atoms with E-state index in [0.29, 0.717) is 39.7 Å². The Morgan fingerprint density at radius 2 is 1.93 bits per heavy atom. The summed E-state index contributed by atoms with van der Waals surface area (Å²) in [6.07, 6.45) is 0. The summed E-state index contributed by atoms with van der Waals surface area (Å²) in [4.78, 5) is 12.8. The lowest BCUT2D eigenvalue weighted by Gasteiger charge is -2.16. The maximum atomic E-state index is 14.3. The molecule has 3 rings (SSSR count). The van der Waals surface area contributed by atoms with Crippen LogP contribution >= 0.6 is 23.4 Å². The molecule has 0 saturated heterocycles. The van der Waals surface area contributed by atoms with Gasteiger partial charge in [-0.05, 0) is 49.6 Å². The van der Waals surface area contributed by atoms with Gasteiger partial charge in [-0.3, -0.25) is 4.79 Å². The van der Waals surface area contributed by atoms with Gasteiger partial charge in [0.05, 0.1) is 10.8 Å². The Morgan fingerprint density at radius 1 is 1.20 bits per heavy atom. The summed E-state index contributed by atoms with van der Waals surface area (Å²) in [5, 5.41) is 12.1. The Kier molecular flexibility index (Phi) is 7.15. The fourth-order valence-corrected chi connectivity index (χ4v) is 3.95. The van der Waals surface area contributed by atoms with Crippen molar-refractivity contribution in [3.05, 3.63) is 58.9 Å². The number of anilines is 1. The molecule has 0 spiro atoms. The van der Waals surface area contributed by atoms with E-state index in [9.17, 15) is 9.18 Å². The number of aryl methyl sites for hydroxylation is 1. The molecular weight excluding hydrogens is 423 g/mol. The summed E-state index contributed by atoms with van der Waals surface area (Å²) in [6.45, 7) is 8.46. The van der Waals surface area contributed by atoms with Crippen LogP contribution in [0.5, 0.6) is 0 Å². The molecule has 0 aliphatic rings. The normalized spacial score (nSPS) is 12.2. The van der Waals surface area contributed by atoms with E-state index in [0.717, 1.165) is 5.56 Å². The Hall–Kier alpha value is -2.38. The second kappa shape index (κ2) is 9.62. The molecule has 158 valence electrons. The van der Waals surface area contributed by atoms with Gasteiger partial charge in [0.15, 0.2) is 11.0 Å². The Morgan fingerprint density at radius 3 is 2.63 bits per heavy atom. The number of amides is 1. The number of rotatable bonds is 7. The molecule has 1 N–H and O–H groups in total. The van der Waals surface area contributed by atoms with Crippen LogP contribution in [0.3, 0.4) is 0 Å². The van der Waals surface area contributed by atoms with Crippen LogP contribution in [-0.4, -0.2) is 25.9 Å². The van der Waals surface area contributed by atoms with E-state index in [4.69, 9.17) is 11.6 Å².